The summed E-state index contributed by atoms with van der Waals surface area (Å²) in [5.74, 6) is 0. The van der Waals surface area contributed by atoms with Gasteiger partial charge in [-0.3, -0.25) is 9.58 Å². The van der Waals surface area contributed by atoms with Crippen LogP contribution in [0.2, 0.25) is 0 Å². The van der Waals surface area contributed by atoms with Crippen molar-refractivity contribution in [3.63, 3.8) is 0 Å². The van der Waals surface area contributed by atoms with Crippen LogP contribution in [0.25, 0.3) is 0 Å². The Balaban J connectivity index is 1.66. The molecule has 0 spiro atoms. The molecule has 0 fully saturated rings. The van der Waals surface area contributed by atoms with Crippen LogP contribution in [0.5, 0.6) is 0 Å². The van der Waals surface area contributed by atoms with Crippen molar-refractivity contribution in [1.29, 1.82) is 0 Å². The Morgan fingerprint density at radius 2 is 1.92 bits per heavy atom. The summed E-state index contributed by atoms with van der Waals surface area (Å²) in [6.45, 7) is 5.23. The van der Waals surface area contributed by atoms with Gasteiger partial charge in [-0.2, -0.15) is 5.10 Å². The quantitative estimate of drug-likeness (QED) is 0.817. The van der Waals surface area contributed by atoms with E-state index in [-0.39, 0.29) is 6.04 Å². The van der Waals surface area contributed by atoms with Gasteiger partial charge in [0, 0.05) is 32.4 Å². The summed E-state index contributed by atoms with van der Waals surface area (Å²) in [5.41, 5.74) is 3.84. The van der Waals surface area contributed by atoms with Gasteiger partial charge in [0.2, 0.25) is 10.0 Å². The highest BCUT2D eigenvalue weighted by Crippen LogP contribution is 2.24. The maximum absolute atomic E-state index is 11.3. The predicted octanol–water partition coefficient (Wildman–Crippen LogP) is 1.94. The number of rotatable bonds is 7. The minimum atomic E-state index is -3.15. The molecule has 2 heterocycles. The smallest absolute Gasteiger partial charge is 0.208 e. The van der Waals surface area contributed by atoms with Gasteiger partial charge in [-0.25, -0.2) is 13.1 Å². The summed E-state index contributed by atoms with van der Waals surface area (Å²) in [7, 11) is -3.15. The Bertz CT molecular complexity index is 799. The maximum atomic E-state index is 11.3. The van der Waals surface area contributed by atoms with Crippen LogP contribution in [0.4, 0.5) is 0 Å². The molecule has 0 bridgehead atoms. The first kappa shape index (κ1) is 18.1. The average Bonchev–Trinajstić information content (AvgIpc) is 3.03. The van der Waals surface area contributed by atoms with Crippen LogP contribution < -0.4 is 4.72 Å². The van der Waals surface area contributed by atoms with E-state index in [9.17, 15) is 8.42 Å². The molecule has 0 saturated carbocycles. The fraction of sp³-hybridized carbons (Fsp3) is 0.500. The molecule has 25 heavy (non-hydrogen) atoms. The van der Waals surface area contributed by atoms with E-state index in [1.165, 1.54) is 23.1 Å². The second kappa shape index (κ2) is 7.68. The molecular formula is C18H26N4O2S. The minimum absolute atomic E-state index is 0.183. The van der Waals surface area contributed by atoms with Gasteiger partial charge in [0.05, 0.1) is 18.0 Å². The fourth-order valence-corrected chi connectivity index (χ4v) is 3.84. The van der Waals surface area contributed by atoms with Gasteiger partial charge in [0.25, 0.3) is 0 Å². The van der Waals surface area contributed by atoms with Gasteiger partial charge < -0.3 is 0 Å². The molecule has 0 aliphatic carbocycles. The molecule has 136 valence electrons. The third-order valence-corrected chi connectivity index (χ3v) is 5.36. The van der Waals surface area contributed by atoms with Gasteiger partial charge >= 0.3 is 0 Å². The van der Waals surface area contributed by atoms with Crippen molar-refractivity contribution in [3.05, 3.63) is 53.3 Å². The number of nitrogens with zero attached hydrogens (tertiary/aromatic N) is 3. The molecule has 1 aromatic heterocycles. The lowest BCUT2D eigenvalue weighted by molar-refractivity contribution is 0.162. The van der Waals surface area contributed by atoms with Crippen molar-refractivity contribution in [3.8, 4) is 0 Å². The molecule has 7 heteroatoms. The molecular weight excluding hydrogens is 336 g/mol. The molecule has 0 saturated heterocycles. The average molecular weight is 362 g/mol. The van der Waals surface area contributed by atoms with Crippen molar-refractivity contribution in [1.82, 2.24) is 19.4 Å². The molecule has 1 aliphatic rings. The summed E-state index contributed by atoms with van der Waals surface area (Å²) in [4.78, 5) is 2.41. The van der Waals surface area contributed by atoms with Crippen molar-refractivity contribution < 1.29 is 8.42 Å². The second-order valence-electron chi connectivity index (χ2n) is 6.72. The van der Waals surface area contributed by atoms with Crippen molar-refractivity contribution >= 4 is 10.0 Å². The monoisotopic (exact) mass is 362 g/mol. The molecule has 1 aliphatic heterocycles. The normalized spacial score (nSPS) is 18.2. The zero-order valence-corrected chi connectivity index (χ0v) is 15.7. The highest BCUT2D eigenvalue weighted by Gasteiger charge is 2.25. The van der Waals surface area contributed by atoms with Gasteiger partial charge in [0.15, 0.2) is 0 Å². The van der Waals surface area contributed by atoms with Gasteiger partial charge in [-0.1, -0.05) is 31.2 Å². The number of hydrogen-bond donors (Lipinski definition) is 1. The fourth-order valence-electron chi connectivity index (χ4n) is 3.35. The van der Waals surface area contributed by atoms with E-state index in [2.05, 4.69) is 45.9 Å². The number of fused-ring (bicyclic) bond motifs is 1. The van der Waals surface area contributed by atoms with Crippen LogP contribution >= 0.6 is 0 Å². The Labute approximate surface area is 149 Å². The maximum Gasteiger partial charge on any atom is 0.208 e. The summed E-state index contributed by atoms with van der Waals surface area (Å²) in [6.07, 6.45) is 4.80. The molecule has 1 atom stereocenters. The van der Waals surface area contributed by atoms with Crippen LogP contribution in [-0.4, -0.2) is 42.4 Å². The van der Waals surface area contributed by atoms with Crippen LogP contribution in [0, 0.1) is 0 Å². The first-order valence-corrected chi connectivity index (χ1v) is 10.6. The Morgan fingerprint density at radius 3 is 2.60 bits per heavy atom. The molecule has 3 rings (SSSR count). The van der Waals surface area contributed by atoms with Gasteiger partial charge in [0.1, 0.15) is 0 Å². The summed E-state index contributed by atoms with van der Waals surface area (Å²) >= 11 is 0. The van der Waals surface area contributed by atoms with Gasteiger partial charge in [-0.15, -0.1) is 0 Å². The molecule has 0 radical (unpaired) electrons. The molecule has 1 N–H and O–H groups in total. The number of hydrogen-bond acceptors (Lipinski definition) is 4. The zero-order chi connectivity index (χ0) is 17.9. The van der Waals surface area contributed by atoms with E-state index in [0.717, 1.165) is 32.5 Å². The molecule has 6 nitrogen and oxygen atoms in total. The Kier molecular flexibility index (Phi) is 5.56. The van der Waals surface area contributed by atoms with Crippen molar-refractivity contribution in [2.75, 3.05) is 19.3 Å². The number of aromatic nitrogens is 2. The van der Waals surface area contributed by atoms with E-state index in [1.54, 1.807) is 0 Å². The zero-order valence-electron chi connectivity index (χ0n) is 14.9. The van der Waals surface area contributed by atoms with Crippen molar-refractivity contribution in [2.45, 2.75) is 38.9 Å². The Hall–Kier alpha value is -1.70. The van der Waals surface area contributed by atoms with Crippen LogP contribution in [-0.2, 0) is 29.5 Å². The Morgan fingerprint density at radius 1 is 1.20 bits per heavy atom. The standard InChI is InChI=1S/C18H26N4O2S/c1-3-15-4-6-16(7-5-15)12-21-13-17-8-10-19-22(17)18(14-21)9-11-20-25(2,23)24/h4-8,10,18,20H,3,9,11-14H2,1-2H3/t18-/m1/s1. The lowest BCUT2D eigenvalue weighted by Gasteiger charge is -2.34. The lowest BCUT2D eigenvalue weighted by atomic mass is 10.1. The van der Waals surface area contributed by atoms with Crippen LogP contribution in [0.15, 0.2) is 36.5 Å². The SMILES string of the molecule is CCc1ccc(CN2Cc3ccnn3[C@H](CCNS(C)(=O)=O)C2)cc1. The number of benzene rings is 1. The summed E-state index contributed by atoms with van der Waals surface area (Å²) in [6, 6.07) is 11.0. The van der Waals surface area contributed by atoms with E-state index in [4.69, 9.17) is 0 Å². The van der Waals surface area contributed by atoms with E-state index >= 15 is 0 Å². The lowest BCUT2D eigenvalue weighted by Crippen LogP contribution is -2.38. The predicted molar refractivity (Wildman–Crippen MR) is 98.7 cm³/mol. The summed E-state index contributed by atoms with van der Waals surface area (Å²) < 4.78 is 27.2. The number of aryl methyl sites for hydroxylation is 1. The first-order valence-electron chi connectivity index (χ1n) is 8.72. The van der Waals surface area contributed by atoms with Crippen LogP contribution in [0.1, 0.15) is 36.2 Å². The third-order valence-electron chi connectivity index (χ3n) is 4.63. The summed E-state index contributed by atoms with van der Waals surface area (Å²) in [5, 5.41) is 4.43. The molecule has 1 aromatic carbocycles. The topological polar surface area (TPSA) is 67.2 Å². The highest BCUT2D eigenvalue weighted by atomic mass is 32.2. The van der Waals surface area contributed by atoms with Crippen LogP contribution in [0.3, 0.4) is 0 Å². The number of nitrogens with one attached hydrogen (secondary N) is 1. The first-order chi connectivity index (χ1) is 11.9. The molecule has 2 aromatic rings. The molecule has 0 unspecified atom stereocenters. The number of sulfonamides is 1. The third kappa shape index (κ3) is 4.90. The molecule has 0 amide bonds. The van der Waals surface area contributed by atoms with Crippen molar-refractivity contribution in [2.24, 2.45) is 0 Å². The van der Waals surface area contributed by atoms with E-state index in [0.29, 0.717) is 6.54 Å². The highest BCUT2D eigenvalue weighted by molar-refractivity contribution is 7.88. The van der Waals surface area contributed by atoms with Gasteiger partial charge in [-0.05, 0) is 30.0 Å². The second-order valence-corrected chi connectivity index (χ2v) is 8.55. The largest absolute Gasteiger partial charge is 0.291 e. The van der Waals surface area contributed by atoms with E-state index in [1.807, 2.05) is 16.9 Å². The minimum Gasteiger partial charge on any atom is -0.291 e. The van der Waals surface area contributed by atoms with E-state index < -0.39 is 10.0 Å².